The van der Waals surface area contributed by atoms with Crippen LogP contribution in [0.15, 0.2) is 4.52 Å². The molecule has 6 heteroatoms. The number of nitrogens with zero attached hydrogens (tertiary/aromatic N) is 3. The van der Waals surface area contributed by atoms with Gasteiger partial charge in [-0.05, 0) is 37.8 Å². The highest BCUT2D eigenvalue weighted by Gasteiger charge is 2.52. The van der Waals surface area contributed by atoms with Gasteiger partial charge < -0.3 is 14.2 Å². The molecular formula is C13H19N3O3. The molecule has 0 aromatic carbocycles. The van der Waals surface area contributed by atoms with E-state index in [9.17, 15) is 4.79 Å². The molecule has 2 aliphatic rings. The Balaban J connectivity index is 1.82. The molecule has 1 aromatic heterocycles. The maximum Gasteiger partial charge on any atom is 0.321 e. The Morgan fingerprint density at radius 1 is 1.37 bits per heavy atom. The first-order valence-electron chi connectivity index (χ1n) is 7.02. The van der Waals surface area contributed by atoms with Gasteiger partial charge in [-0.3, -0.25) is 4.79 Å². The SMILES string of the molecule is CCOC(=O)C1(c2nc(N3CCCC3)no2)CCC1. The van der Waals surface area contributed by atoms with E-state index in [2.05, 4.69) is 15.0 Å². The molecule has 1 saturated carbocycles. The maximum atomic E-state index is 12.1. The fourth-order valence-corrected chi connectivity index (χ4v) is 2.76. The highest BCUT2D eigenvalue weighted by atomic mass is 16.5. The molecule has 3 rings (SSSR count). The Labute approximate surface area is 112 Å². The third-order valence-electron chi connectivity index (χ3n) is 4.09. The first-order valence-corrected chi connectivity index (χ1v) is 7.02. The van der Waals surface area contributed by atoms with Crippen molar-refractivity contribution in [1.29, 1.82) is 0 Å². The Bertz CT molecular complexity index is 461. The third-order valence-corrected chi connectivity index (χ3v) is 4.09. The molecule has 0 amide bonds. The summed E-state index contributed by atoms with van der Waals surface area (Å²) in [5.74, 6) is 0.819. The van der Waals surface area contributed by atoms with Crippen LogP contribution in [0.5, 0.6) is 0 Å². The first kappa shape index (κ1) is 12.4. The van der Waals surface area contributed by atoms with Gasteiger partial charge in [0.1, 0.15) is 5.41 Å². The lowest BCUT2D eigenvalue weighted by Gasteiger charge is -2.35. The monoisotopic (exact) mass is 265 g/mol. The lowest BCUT2D eigenvalue weighted by atomic mass is 9.68. The van der Waals surface area contributed by atoms with Gasteiger partial charge in [-0.1, -0.05) is 6.42 Å². The van der Waals surface area contributed by atoms with Gasteiger partial charge in [-0.25, -0.2) is 0 Å². The van der Waals surface area contributed by atoms with Crippen molar-refractivity contribution in [3.05, 3.63) is 5.89 Å². The van der Waals surface area contributed by atoms with Gasteiger partial charge in [-0.2, -0.15) is 4.98 Å². The summed E-state index contributed by atoms with van der Waals surface area (Å²) in [4.78, 5) is 18.7. The van der Waals surface area contributed by atoms with Crippen LogP contribution in [0.1, 0.15) is 44.9 Å². The van der Waals surface area contributed by atoms with Gasteiger partial charge in [0.25, 0.3) is 5.95 Å². The smallest absolute Gasteiger partial charge is 0.321 e. The topological polar surface area (TPSA) is 68.5 Å². The molecule has 0 spiro atoms. The Morgan fingerprint density at radius 3 is 2.68 bits per heavy atom. The molecule has 1 aromatic rings. The highest BCUT2D eigenvalue weighted by Crippen LogP contribution is 2.44. The zero-order valence-corrected chi connectivity index (χ0v) is 11.2. The Morgan fingerprint density at radius 2 is 2.11 bits per heavy atom. The molecule has 104 valence electrons. The summed E-state index contributed by atoms with van der Waals surface area (Å²) in [6.07, 6.45) is 4.81. The molecule has 1 saturated heterocycles. The van der Waals surface area contributed by atoms with E-state index in [4.69, 9.17) is 9.26 Å². The summed E-state index contributed by atoms with van der Waals surface area (Å²) < 4.78 is 10.5. The number of carbonyl (C=O) groups is 1. The van der Waals surface area contributed by atoms with Crippen molar-refractivity contribution >= 4 is 11.9 Å². The molecule has 2 heterocycles. The summed E-state index contributed by atoms with van der Waals surface area (Å²) in [5.41, 5.74) is -0.680. The molecule has 0 radical (unpaired) electrons. The van der Waals surface area contributed by atoms with Gasteiger partial charge in [0.15, 0.2) is 0 Å². The number of hydrogen-bond donors (Lipinski definition) is 0. The highest BCUT2D eigenvalue weighted by molar-refractivity contribution is 5.83. The molecule has 0 N–H and O–H groups in total. The quantitative estimate of drug-likeness (QED) is 0.771. The molecular weight excluding hydrogens is 246 g/mol. The van der Waals surface area contributed by atoms with Gasteiger partial charge in [0.05, 0.1) is 6.61 Å². The standard InChI is InChI=1S/C13H19N3O3/c1-2-18-11(17)13(6-5-7-13)10-14-12(15-19-10)16-8-3-4-9-16/h2-9H2,1H3. The second-order valence-electron chi connectivity index (χ2n) is 5.25. The second-order valence-corrected chi connectivity index (χ2v) is 5.25. The minimum atomic E-state index is -0.680. The molecule has 1 aliphatic carbocycles. The van der Waals surface area contributed by atoms with Crippen molar-refractivity contribution in [1.82, 2.24) is 10.1 Å². The molecule has 0 unspecified atom stereocenters. The van der Waals surface area contributed by atoms with Crippen molar-refractivity contribution in [2.45, 2.75) is 44.4 Å². The van der Waals surface area contributed by atoms with Crippen LogP contribution >= 0.6 is 0 Å². The predicted octanol–water partition coefficient (Wildman–Crippen LogP) is 1.65. The van der Waals surface area contributed by atoms with E-state index in [-0.39, 0.29) is 5.97 Å². The zero-order chi connectivity index (χ0) is 13.3. The third kappa shape index (κ3) is 1.99. The molecule has 1 aliphatic heterocycles. The summed E-state index contributed by atoms with van der Waals surface area (Å²) in [6, 6.07) is 0. The van der Waals surface area contributed by atoms with E-state index in [0.717, 1.165) is 45.2 Å². The summed E-state index contributed by atoms with van der Waals surface area (Å²) in [7, 11) is 0. The van der Waals surface area contributed by atoms with Gasteiger partial charge in [0, 0.05) is 13.1 Å². The fraction of sp³-hybridized carbons (Fsp3) is 0.769. The lowest BCUT2D eigenvalue weighted by molar-refractivity contribution is -0.155. The van der Waals surface area contributed by atoms with Crippen LogP contribution in [0.3, 0.4) is 0 Å². The van der Waals surface area contributed by atoms with Crippen molar-refractivity contribution in [2.75, 3.05) is 24.6 Å². The fourth-order valence-electron chi connectivity index (χ4n) is 2.76. The van der Waals surface area contributed by atoms with Crippen molar-refractivity contribution in [3.63, 3.8) is 0 Å². The van der Waals surface area contributed by atoms with E-state index in [1.165, 1.54) is 0 Å². The van der Waals surface area contributed by atoms with Crippen LogP contribution in [0.25, 0.3) is 0 Å². The van der Waals surface area contributed by atoms with Crippen LogP contribution < -0.4 is 4.90 Å². The zero-order valence-electron chi connectivity index (χ0n) is 11.2. The van der Waals surface area contributed by atoms with Crippen LogP contribution in [0.4, 0.5) is 5.95 Å². The number of esters is 1. The van der Waals surface area contributed by atoms with E-state index in [1.807, 2.05) is 6.92 Å². The van der Waals surface area contributed by atoms with Crippen molar-refractivity contribution in [2.24, 2.45) is 0 Å². The average Bonchev–Trinajstić information content (AvgIpc) is 2.97. The molecule has 0 bridgehead atoms. The minimum Gasteiger partial charge on any atom is -0.465 e. The number of ether oxygens (including phenoxy) is 1. The van der Waals surface area contributed by atoms with Crippen molar-refractivity contribution < 1.29 is 14.1 Å². The van der Waals surface area contributed by atoms with Crippen LogP contribution in [0, 0.1) is 0 Å². The summed E-state index contributed by atoms with van der Waals surface area (Å²) in [6.45, 7) is 4.12. The average molecular weight is 265 g/mol. The van der Waals surface area contributed by atoms with E-state index in [1.54, 1.807) is 0 Å². The Hall–Kier alpha value is -1.59. The number of aromatic nitrogens is 2. The number of carbonyl (C=O) groups excluding carboxylic acids is 1. The van der Waals surface area contributed by atoms with Crippen LogP contribution in [0.2, 0.25) is 0 Å². The van der Waals surface area contributed by atoms with Crippen LogP contribution in [-0.4, -0.2) is 35.8 Å². The minimum absolute atomic E-state index is 0.224. The number of hydrogen-bond acceptors (Lipinski definition) is 6. The van der Waals surface area contributed by atoms with Crippen molar-refractivity contribution in [3.8, 4) is 0 Å². The summed E-state index contributed by atoms with van der Waals surface area (Å²) >= 11 is 0. The summed E-state index contributed by atoms with van der Waals surface area (Å²) in [5, 5.41) is 4.02. The largest absolute Gasteiger partial charge is 0.465 e. The van der Waals surface area contributed by atoms with Gasteiger partial charge >= 0.3 is 5.97 Å². The molecule has 0 atom stereocenters. The molecule has 2 fully saturated rings. The lowest BCUT2D eigenvalue weighted by Crippen LogP contribution is -2.44. The normalized spacial score (nSPS) is 21.2. The maximum absolute atomic E-state index is 12.1. The van der Waals surface area contributed by atoms with E-state index >= 15 is 0 Å². The van der Waals surface area contributed by atoms with Gasteiger partial charge in [-0.15, -0.1) is 0 Å². The molecule has 19 heavy (non-hydrogen) atoms. The number of rotatable bonds is 4. The number of anilines is 1. The second kappa shape index (κ2) is 4.83. The van der Waals surface area contributed by atoms with Gasteiger partial charge in [0.2, 0.25) is 5.89 Å². The molecule has 6 nitrogen and oxygen atoms in total. The van der Waals surface area contributed by atoms with E-state index in [0.29, 0.717) is 18.4 Å². The van der Waals surface area contributed by atoms with Crippen LogP contribution in [-0.2, 0) is 14.9 Å². The Kier molecular flexibility index (Phi) is 3.16. The van der Waals surface area contributed by atoms with E-state index < -0.39 is 5.41 Å². The predicted molar refractivity (Wildman–Crippen MR) is 67.9 cm³/mol. The first-order chi connectivity index (χ1) is 9.26.